The smallest absolute Gasteiger partial charge is 0.311 e. The predicted octanol–water partition coefficient (Wildman–Crippen LogP) is 0.967. The maximum Gasteiger partial charge on any atom is 0.311 e. The number of nitro groups is 1. The van der Waals surface area contributed by atoms with Crippen LogP contribution in [0.5, 0.6) is 5.75 Å². The van der Waals surface area contributed by atoms with Crippen LogP contribution in [0.15, 0.2) is 12.1 Å². The summed E-state index contributed by atoms with van der Waals surface area (Å²) in [6, 6.07) is 4.20. The van der Waals surface area contributed by atoms with Crippen LogP contribution >= 0.6 is 0 Å². The summed E-state index contributed by atoms with van der Waals surface area (Å²) in [4.78, 5) is 9.98. The maximum absolute atomic E-state index is 10.6. The molecule has 0 aliphatic rings. The summed E-state index contributed by atoms with van der Waals surface area (Å²) < 4.78 is 4.77. The summed E-state index contributed by atoms with van der Waals surface area (Å²) in [6.45, 7) is -0.423. The van der Waals surface area contributed by atoms with Crippen molar-refractivity contribution < 1.29 is 14.8 Å². The van der Waals surface area contributed by atoms with Gasteiger partial charge in [-0.25, -0.2) is 0 Å². The van der Waals surface area contributed by atoms with E-state index in [4.69, 9.17) is 15.1 Å². The van der Waals surface area contributed by atoms with Gasteiger partial charge in [-0.05, 0) is 0 Å². The molecule has 78 valence electrons. The van der Waals surface area contributed by atoms with Crippen molar-refractivity contribution in [3.05, 3.63) is 33.4 Å². The Kier molecular flexibility index (Phi) is 3.21. The predicted molar refractivity (Wildman–Crippen MR) is 50.3 cm³/mol. The standard InChI is InChI=1S/C9H8N2O4/c1-15-9-3-6(4-10)7(5-12)2-8(9)11(13)14/h2-3,12H,5H2,1H3. The second kappa shape index (κ2) is 4.39. The lowest BCUT2D eigenvalue weighted by Gasteiger charge is -2.04. The number of nitro benzene ring substituents is 1. The average molecular weight is 208 g/mol. The van der Waals surface area contributed by atoms with Crippen LogP contribution in [-0.2, 0) is 6.61 Å². The van der Waals surface area contributed by atoms with Gasteiger partial charge in [-0.15, -0.1) is 0 Å². The largest absolute Gasteiger partial charge is 0.490 e. The van der Waals surface area contributed by atoms with E-state index >= 15 is 0 Å². The summed E-state index contributed by atoms with van der Waals surface area (Å²) in [5.41, 5.74) is 0.116. The molecule has 15 heavy (non-hydrogen) atoms. The molecule has 0 bridgehead atoms. The van der Waals surface area contributed by atoms with E-state index in [-0.39, 0.29) is 22.6 Å². The van der Waals surface area contributed by atoms with Crippen molar-refractivity contribution in [2.45, 2.75) is 6.61 Å². The summed E-state index contributed by atoms with van der Waals surface area (Å²) >= 11 is 0. The number of rotatable bonds is 3. The molecule has 0 aliphatic heterocycles. The Bertz CT molecular complexity index is 436. The fraction of sp³-hybridized carbons (Fsp3) is 0.222. The zero-order valence-corrected chi connectivity index (χ0v) is 7.93. The lowest BCUT2D eigenvalue weighted by molar-refractivity contribution is -0.385. The van der Waals surface area contributed by atoms with Crippen molar-refractivity contribution in [2.24, 2.45) is 0 Å². The molecule has 0 radical (unpaired) electrons. The first-order valence-electron chi connectivity index (χ1n) is 4.00. The van der Waals surface area contributed by atoms with Crippen LogP contribution in [0.1, 0.15) is 11.1 Å². The second-order valence-electron chi connectivity index (χ2n) is 2.71. The third-order valence-corrected chi connectivity index (χ3v) is 1.89. The molecule has 0 fully saturated rings. The first kappa shape index (κ1) is 10.9. The highest BCUT2D eigenvalue weighted by atomic mass is 16.6. The molecule has 0 atom stereocenters. The lowest BCUT2D eigenvalue weighted by atomic mass is 10.1. The van der Waals surface area contributed by atoms with Crippen LogP contribution in [0, 0.1) is 21.4 Å². The van der Waals surface area contributed by atoms with Crippen molar-refractivity contribution in [1.82, 2.24) is 0 Å². The fourth-order valence-corrected chi connectivity index (χ4v) is 1.15. The van der Waals surface area contributed by atoms with Gasteiger partial charge in [-0.3, -0.25) is 10.1 Å². The van der Waals surface area contributed by atoms with E-state index in [0.29, 0.717) is 0 Å². The second-order valence-corrected chi connectivity index (χ2v) is 2.71. The third kappa shape index (κ3) is 2.03. The minimum Gasteiger partial charge on any atom is -0.490 e. The van der Waals surface area contributed by atoms with Gasteiger partial charge in [0.1, 0.15) is 0 Å². The third-order valence-electron chi connectivity index (χ3n) is 1.89. The van der Waals surface area contributed by atoms with Crippen LogP contribution in [0.25, 0.3) is 0 Å². The van der Waals surface area contributed by atoms with Crippen LogP contribution in [-0.4, -0.2) is 17.1 Å². The summed E-state index contributed by atoms with van der Waals surface area (Å²) in [5, 5.41) is 28.2. The Balaban J connectivity index is 3.42. The molecule has 0 aromatic heterocycles. The number of benzene rings is 1. The van der Waals surface area contributed by atoms with E-state index in [0.717, 1.165) is 6.07 Å². The lowest BCUT2D eigenvalue weighted by Crippen LogP contribution is -1.98. The number of hydrogen-bond donors (Lipinski definition) is 1. The molecule has 0 aliphatic carbocycles. The normalized spacial score (nSPS) is 9.40. The molecular weight excluding hydrogens is 200 g/mol. The Morgan fingerprint density at radius 3 is 2.73 bits per heavy atom. The van der Waals surface area contributed by atoms with Gasteiger partial charge in [0, 0.05) is 17.7 Å². The van der Waals surface area contributed by atoms with Crippen molar-refractivity contribution in [1.29, 1.82) is 5.26 Å². The molecule has 0 saturated carbocycles. The van der Waals surface area contributed by atoms with Gasteiger partial charge in [0.05, 0.1) is 30.3 Å². The van der Waals surface area contributed by atoms with Crippen molar-refractivity contribution in [3.63, 3.8) is 0 Å². The number of nitriles is 1. The van der Waals surface area contributed by atoms with Crippen molar-refractivity contribution in [3.8, 4) is 11.8 Å². The Labute approximate surface area is 85.5 Å². The average Bonchev–Trinajstić information content (AvgIpc) is 2.26. The number of aliphatic hydroxyl groups excluding tert-OH is 1. The fourth-order valence-electron chi connectivity index (χ4n) is 1.15. The van der Waals surface area contributed by atoms with Gasteiger partial charge in [-0.1, -0.05) is 0 Å². The zero-order chi connectivity index (χ0) is 11.4. The number of methoxy groups -OCH3 is 1. The SMILES string of the molecule is COc1cc(C#N)c(CO)cc1[N+](=O)[O-]. The molecule has 1 aromatic carbocycles. The molecule has 0 saturated heterocycles. The molecule has 0 amide bonds. The van der Waals surface area contributed by atoms with Crippen LogP contribution in [0.3, 0.4) is 0 Å². The Morgan fingerprint density at radius 2 is 2.33 bits per heavy atom. The molecule has 1 aromatic rings. The van der Waals surface area contributed by atoms with E-state index in [9.17, 15) is 10.1 Å². The van der Waals surface area contributed by atoms with E-state index in [1.54, 1.807) is 0 Å². The molecule has 1 rings (SSSR count). The molecule has 6 nitrogen and oxygen atoms in total. The number of aliphatic hydroxyl groups is 1. The van der Waals surface area contributed by atoms with Crippen molar-refractivity contribution >= 4 is 5.69 Å². The summed E-state index contributed by atoms with van der Waals surface area (Å²) in [7, 11) is 1.28. The van der Waals surface area contributed by atoms with E-state index in [1.807, 2.05) is 6.07 Å². The van der Waals surface area contributed by atoms with Crippen LogP contribution in [0.4, 0.5) is 5.69 Å². The minimum absolute atomic E-state index is 0.00810. The van der Waals surface area contributed by atoms with Gasteiger partial charge < -0.3 is 9.84 Å². The van der Waals surface area contributed by atoms with E-state index in [2.05, 4.69) is 0 Å². The first-order chi connectivity index (χ1) is 7.13. The Morgan fingerprint density at radius 1 is 1.67 bits per heavy atom. The van der Waals surface area contributed by atoms with E-state index < -0.39 is 11.5 Å². The first-order valence-corrected chi connectivity index (χ1v) is 4.00. The van der Waals surface area contributed by atoms with Gasteiger partial charge in [-0.2, -0.15) is 5.26 Å². The number of nitrogens with zero attached hydrogens (tertiary/aromatic N) is 2. The monoisotopic (exact) mass is 208 g/mol. The summed E-state index contributed by atoms with van der Waals surface area (Å²) in [6.07, 6.45) is 0. The number of ether oxygens (including phenoxy) is 1. The highest BCUT2D eigenvalue weighted by molar-refractivity contribution is 5.55. The molecule has 0 spiro atoms. The summed E-state index contributed by atoms with van der Waals surface area (Å²) in [5.74, 6) is 0.00810. The molecule has 0 unspecified atom stereocenters. The van der Waals surface area contributed by atoms with E-state index in [1.165, 1.54) is 13.2 Å². The quantitative estimate of drug-likeness (QED) is 0.589. The molecule has 0 heterocycles. The van der Waals surface area contributed by atoms with Crippen molar-refractivity contribution in [2.75, 3.05) is 7.11 Å². The molecule has 6 heteroatoms. The van der Waals surface area contributed by atoms with Crippen LogP contribution < -0.4 is 4.74 Å². The van der Waals surface area contributed by atoms with Gasteiger partial charge >= 0.3 is 5.69 Å². The topological polar surface area (TPSA) is 96.4 Å². The van der Waals surface area contributed by atoms with Crippen LogP contribution in [0.2, 0.25) is 0 Å². The van der Waals surface area contributed by atoms with Gasteiger partial charge in [0.15, 0.2) is 5.75 Å². The highest BCUT2D eigenvalue weighted by Crippen LogP contribution is 2.30. The van der Waals surface area contributed by atoms with Gasteiger partial charge in [0.25, 0.3) is 0 Å². The zero-order valence-electron chi connectivity index (χ0n) is 7.93. The number of hydrogen-bond acceptors (Lipinski definition) is 5. The Hall–Kier alpha value is -2.13. The molecule has 1 N–H and O–H groups in total. The minimum atomic E-state index is -0.626. The highest BCUT2D eigenvalue weighted by Gasteiger charge is 2.18. The molecular formula is C9H8N2O4. The van der Waals surface area contributed by atoms with Gasteiger partial charge in [0.2, 0.25) is 0 Å². The maximum atomic E-state index is 10.6.